The van der Waals surface area contributed by atoms with Crippen LogP contribution in [0.1, 0.15) is 0 Å². The van der Waals surface area contributed by atoms with Gasteiger partial charge in [-0.15, -0.1) is 0 Å². The molecule has 0 fully saturated rings. The molecule has 0 aliphatic rings. The molecule has 30 heavy (non-hydrogen) atoms. The van der Waals surface area contributed by atoms with Crippen LogP contribution in [0.15, 0.2) is 49.1 Å². The molecular formula is C18H13ClF2N6O3. The highest BCUT2D eigenvalue weighted by molar-refractivity contribution is 6.31. The minimum atomic E-state index is -3.06. The lowest BCUT2D eigenvalue weighted by molar-refractivity contribution is -0.137. The maximum absolute atomic E-state index is 12.9. The van der Waals surface area contributed by atoms with E-state index in [-0.39, 0.29) is 22.0 Å². The zero-order valence-corrected chi connectivity index (χ0v) is 15.8. The lowest BCUT2D eigenvalue weighted by atomic mass is 10.1. The van der Waals surface area contributed by atoms with Crippen LogP contribution >= 0.6 is 11.6 Å². The summed E-state index contributed by atoms with van der Waals surface area (Å²) in [6, 6.07) is 5.81. The first-order chi connectivity index (χ1) is 14.4. The highest BCUT2D eigenvalue weighted by Crippen LogP contribution is 2.38. The Bertz CT molecular complexity index is 1230. The van der Waals surface area contributed by atoms with E-state index in [1.807, 2.05) is 0 Å². The van der Waals surface area contributed by atoms with Crippen molar-refractivity contribution >= 4 is 34.6 Å². The number of alkyl halides is 2. The van der Waals surface area contributed by atoms with Crippen molar-refractivity contribution in [2.45, 2.75) is 13.2 Å². The van der Waals surface area contributed by atoms with E-state index in [9.17, 15) is 13.6 Å². The summed E-state index contributed by atoms with van der Waals surface area (Å²) in [6.45, 7) is -3.50. The van der Waals surface area contributed by atoms with Crippen LogP contribution in [0.4, 0.5) is 20.2 Å². The average Bonchev–Trinajstić information content (AvgIpc) is 3.27. The number of nitrogens with one attached hydrogen (secondary N) is 1. The summed E-state index contributed by atoms with van der Waals surface area (Å²) in [7, 11) is 0. The molecule has 3 aromatic heterocycles. The van der Waals surface area contributed by atoms with Gasteiger partial charge in [-0.2, -0.15) is 19.0 Å². The third-order valence-corrected chi connectivity index (χ3v) is 4.26. The maximum atomic E-state index is 12.9. The Labute approximate surface area is 172 Å². The zero-order chi connectivity index (χ0) is 21.3. The molecule has 4 aromatic rings. The molecule has 0 unspecified atom stereocenters. The Hall–Kier alpha value is -3.73. The fourth-order valence-corrected chi connectivity index (χ4v) is 3.05. The summed E-state index contributed by atoms with van der Waals surface area (Å²) in [5, 5.41) is 20.9. The van der Waals surface area contributed by atoms with Crippen molar-refractivity contribution in [3.05, 3.63) is 54.1 Å². The number of hydrogen-bond donors (Lipinski definition) is 2. The number of aromatic nitrogens is 5. The number of ether oxygens (including phenoxy) is 1. The fourth-order valence-electron chi connectivity index (χ4n) is 2.88. The lowest BCUT2D eigenvalue weighted by Crippen LogP contribution is -2.09. The Morgan fingerprint density at radius 2 is 2.17 bits per heavy atom. The number of anilines is 2. The van der Waals surface area contributed by atoms with Crippen LogP contribution in [0.5, 0.6) is 5.75 Å². The molecule has 0 atom stereocenters. The standard InChI is InChI=1S/C18H13ClF2N6O3/c19-10-2-3-14(30-18(20)21)11(6-10)16-13(8-26(25-16)9-15(28)29)24-12-7-23-27-5-1-4-22-17(12)27/h1-8,18,24H,9H2,(H,28,29). The topological polar surface area (TPSA) is 107 Å². The van der Waals surface area contributed by atoms with E-state index in [1.54, 1.807) is 18.5 Å². The van der Waals surface area contributed by atoms with Crippen LogP contribution in [-0.4, -0.2) is 42.1 Å². The van der Waals surface area contributed by atoms with Crippen molar-refractivity contribution in [1.29, 1.82) is 0 Å². The van der Waals surface area contributed by atoms with E-state index < -0.39 is 19.1 Å². The molecule has 0 saturated carbocycles. The van der Waals surface area contributed by atoms with Crippen LogP contribution in [0.25, 0.3) is 16.9 Å². The van der Waals surface area contributed by atoms with Crippen molar-refractivity contribution < 1.29 is 23.4 Å². The third-order valence-electron chi connectivity index (χ3n) is 4.02. The molecule has 0 amide bonds. The van der Waals surface area contributed by atoms with E-state index in [0.717, 1.165) is 4.68 Å². The van der Waals surface area contributed by atoms with Gasteiger partial charge in [-0.25, -0.2) is 9.50 Å². The quantitative estimate of drug-likeness (QED) is 0.457. The van der Waals surface area contributed by atoms with Crippen LogP contribution in [0.3, 0.4) is 0 Å². The molecule has 2 N–H and O–H groups in total. The summed E-state index contributed by atoms with van der Waals surface area (Å²) < 4.78 is 33.0. The molecule has 3 heterocycles. The Morgan fingerprint density at radius 1 is 1.33 bits per heavy atom. The Kier molecular flexibility index (Phi) is 5.19. The summed E-state index contributed by atoms with van der Waals surface area (Å²) in [6.07, 6.45) is 6.24. The molecule has 154 valence electrons. The van der Waals surface area contributed by atoms with Gasteiger partial charge < -0.3 is 15.2 Å². The molecule has 4 rings (SSSR count). The number of fused-ring (bicyclic) bond motifs is 1. The lowest BCUT2D eigenvalue weighted by Gasteiger charge is -2.11. The zero-order valence-electron chi connectivity index (χ0n) is 15.0. The number of carboxylic acids is 1. The molecule has 0 saturated heterocycles. The van der Waals surface area contributed by atoms with E-state index in [2.05, 4.69) is 25.2 Å². The van der Waals surface area contributed by atoms with E-state index in [4.69, 9.17) is 16.7 Å². The highest BCUT2D eigenvalue weighted by atomic mass is 35.5. The molecule has 0 aliphatic heterocycles. The predicted octanol–water partition coefficient (Wildman–Crippen LogP) is 3.68. The van der Waals surface area contributed by atoms with Crippen LogP contribution in [0.2, 0.25) is 5.02 Å². The van der Waals surface area contributed by atoms with Crippen molar-refractivity contribution in [1.82, 2.24) is 24.4 Å². The number of carbonyl (C=O) groups is 1. The summed E-state index contributed by atoms with van der Waals surface area (Å²) >= 11 is 6.05. The average molecular weight is 435 g/mol. The molecular weight excluding hydrogens is 422 g/mol. The fraction of sp³-hybridized carbons (Fsp3) is 0.111. The summed E-state index contributed by atoms with van der Waals surface area (Å²) in [4.78, 5) is 15.4. The number of halogens is 3. The number of rotatable bonds is 7. The van der Waals surface area contributed by atoms with Crippen molar-refractivity contribution in [3.8, 4) is 17.0 Å². The minimum Gasteiger partial charge on any atom is -0.480 e. The van der Waals surface area contributed by atoms with Crippen LogP contribution < -0.4 is 10.1 Å². The number of aliphatic carboxylic acids is 1. The molecule has 0 radical (unpaired) electrons. The van der Waals surface area contributed by atoms with E-state index in [0.29, 0.717) is 17.0 Å². The number of nitrogens with zero attached hydrogens (tertiary/aromatic N) is 5. The normalized spacial score (nSPS) is 11.2. The van der Waals surface area contributed by atoms with Crippen molar-refractivity contribution in [2.24, 2.45) is 0 Å². The molecule has 1 aromatic carbocycles. The van der Waals surface area contributed by atoms with Gasteiger partial charge in [0.25, 0.3) is 0 Å². The van der Waals surface area contributed by atoms with Crippen LogP contribution in [0, 0.1) is 0 Å². The SMILES string of the molecule is O=C(O)Cn1cc(Nc2cnn3cccnc23)c(-c2cc(Cl)ccc2OC(F)F)n1. The first-order valence-electron chi connectivity index (χ1n) is 8.50. The largest absolute Gasteiger partial charge is 0.480 e. The van der Waals surface area contributed by atoms with Gasteiger partial charge in [0.1, 0.15) is 23.7 Å². The maximum Gasteiger partial charge on any atom is 0.387 e. The van der Waals surface area contributed by atoms with E-state index >= 15 is 0 Å². The van der Waals surface area contributed by atoms with E-state index in [1.165, 1.54) is 35.1 Å². The van der Waals surface area contributed by atoms with Gasteiger partial charge in [0.15, 0.2) is 5.65 Å². The monoisotopic (exact) mass is 434 g/mol. The molecule has 9 nitrogen and oxygen atoms in total. The Balaban J connectivity index is 1.82. The molecule has 0 spiro atoms. The molecule has 12 heteroatoms. The van der Waals surface area contributed by atoms with Gasteiger partial charge in [-0.3, -0.25) is 9.48 Å². The number of benzene rings is 1. The minimum absolute atomic E-state index is 0.156. The van der Waals surface area contributed by atoms with Gasteiger partial charge >= 0.3 is 12.6 Å². The first kappa shape index (κ1) is 19.6. The first-order valence-corrected chi connectivity index (χ1v) is 8.88. The highest BCUT2D eigenvalue weighted by Gasteiger charge is 2.20. The van der Waals surface area contributed by atoms with Gasteiger partial charge in [-0.05, 0) is 24.3 Å². The second-order valence-corrected chi connectivity index (χ2v) is 6.51. The van der Waals surface area contributed by atoms with Crippen molar-refractivity contribution in [2.75, 3.05) is 5.32 Å². The summed E-state index contributed by atoms with van der Waals surface area (Å²) in [5.74, 6) is -1.28. The molecule has 0 aliphatic carbocycles. The van der Waals surface area contributed by atoms with Crippen molar-refractivity contribution in [3.63, 3.8) is 0 Å². The van der Waals surface area contributed by atoms with Gasteiger partial charge in [-0.1, -0.05) is 11.6 Å². The Morgan fingerprint density at radius 3 is 2.93 bits per heavy atom. The second-order valence-electron chi connectivity index (χ2n) is 6.07. The smallest absolute Gasteiger partial charge is 0.387 e. The van der Waals surface area contributed by atoms with Gasteiger partial charge in [0, 0.05) is 29.2 Å². The van der Waals surface area contributed by atoms with Gasteiger partial charge in [0.2, 0.25) is 0 Å². The second kappa shape index (κ2) is 7.95. The van der Waals surface area contributed by atoms with Crippen LogP contribution in [-0.2, 0) is 11.3 Å². The third kappa shape index (κ3) is 4.01. The molecule has 0 bridgehead atoms. The predicted molar refractivity (Wildman–Crippen MR) is 103 cm³/mol. The number of hydrogen-bond acceptors (Lipinski definition) is 6. The summed E-state index contributed by atoms with van der Waals surface area (Å²) in [5.41, 5.74) is 1.68. The number of carboxylic acid groups (broad SMARTS) is 1. The van der Waals surface area contributed by atoms with Gasteiger partial charge in [0.05, 0.1) is 11.9 Å².